The molecule has 0 unspecified atom stereocenters. The molecule has 0 saturated carbocycles. The number of hydrogen-bond acceptors (Lipinski definition) is 4. The normalized spacial score (nSPS) is 19.2. The Morgan fingerprint density at radius 2 is 2.35 bits per heavy atom. The number of carboxylic acids is 1. The Morgan fingerprint density at radius 1 is 1.53 bits per heavy atom. The number of aliphatic carboxylic acids is 1. The zero-order valence-corrected chi connectivity index (χ0v) is 10.4. The van der Waals surface area contributed by atoms with Crippen molar-refractivity contribution in [1.29, 1.82) is 0 Å². The summed E-state index contributed by atoms with van der Waals surface area (Å²) in [5.41, 5.74) is 1.15. The van der Waals surface area contributed by atoms with Crippen LogP contribution in [-0.2, 0) is 17.6 Å². The minimum atomic E-state index is -0.717. The average Bonchev–Trinajstić information content (AvgIpc) is 2.67. The largest absolute Gasteiger partial charge is 0.481 e. The Kier molecular flexibility index (Phi) is 2.52. The van der Waals surface area contributed by atoms with Gasteiger partial charge in [0.25, 0.3) is 0 Å². The summed E-state index contributed by atoms with van der Waals surface area (Å²) in [7, 11) is 0. The zero-order chi connectivity index (χ0) is 12.0. The van der Waals surface area contributed by atoms with Crippen molar-refractivity contribution in [2.75, 3.05) is 0 Å². The van der Waals surface area contributed by atoms with Crippen molar-refractivity contribution in [3.05, 3.63) is 21.9 Å². The van der Waals surface area contributed by atoms with Gasteiger partial charge in [0.1, 0.15) is 16.3 Å². The summed E-state index contributed by atoms with van der Waals surface area (Å²) in [6.45, 7) is 0. The van der Waals surface area contributed by atoms with E-state index in [0.717, 1.165) is 27.1 Å². The summed E-state index contributed by atoms with van der Waals surface area (Å²) >= 11 is 7.61. The van der Waals surface area contributed by atoms with E-state index in [1.54, 1.807) is 0 Å². The van der Waals surface area contributed by atoms with Crippen LogP contribution in [0.5, 0.6) is 0 Å². The summed E-state index contributed by atoms with van der Waals surface area (Å²) in [5, 5.41) is 10.4. The van der Waals surface area contributed by atoms with Gasteiger partial charge in [-0.2, -0.15) is 0 Å². The van der Waals surface area contributed by atoms with Gasteiger partial charge in [-0.1, -0.05) is 11.6 Å². The number of rotatable bonds is 1. The lowest BCUT2D eigenvalue weighted by Crippen LogP contribution is -2.20. The zero-order valence-electron chi connectivity index (χ0n) is 8.81. The fourth-order valence-electron chi connectivity index (χ4n) is 2.28. The minimum Gasteiger partial charge on any atom is -0.481 e. The van der Waals surface area contributed by atoms with Crippen molar-refractivity contribution < 1.29 is 9.90 Å². The highest BCUT2D eigenvalue weighted by Gasteiger charge is 2.28. The van der Waals surface area contributed by atoms with Crippen molar-refractivity contribution in [2.45, 2.75) is 19.3 Å². The highest BCUT2D eigenvalue weighted by Crippen LogP contribution is 2.39. The molecule has 6 heteroatoms. The van der Waals surface area contributed by atoms with Crippen LogP contribution in [0, 0.1) is 5.92 Å². The fraction of sp³-hybridized carbons (Fsp3) is 0.364. The maximum atomic E-state index is 11.0. The Bertz CT molecular complexity index is 611. The van der Waals surface area contributed by atoms with Crippen molar-refractivity contribution in [3.63, 3.8) is 0 Å². The van der Waals surface area contributed by atoms with Gasteiger partial charge in [0.2, 0.25) is 0 Å². The number of halogens is 1. The van der Waals surface area contributed by atoms with E-state index in [0.29, 0.717) is 18.0 Å². The topological polar surface area (TPSA) is 63.1 Å². The Labute approximate surface area is 106 Å². The number of carboxylic acid groups (broad SMARTS) is 1. The lowest BCUT2D eigenvalue weighted by Gasteiger charge is -2.18. The molecule has 0 fully saturated rings. The molecule has 2 heterocycles. The summed E-state index contributed by atoms with van der Waals surface area (Å²) in [6.07, 6.45) is 3.45. The standard InChI is InChI=1S/C11H9ClN2O2S/c12-9-8-6-2-1-5(11(15)16)3-7(6)17-10(8)14-4-13-9/h4-5H,1-3H2,(H,15,16)/t5-/m1/s1. The quantitative estimate of drug-likeness (QED) is 0.808. The van der Waals surface area contributed by atoms with Gasteiger partial charge in [-0.3, -0.25) is 4.79 Å². The molecule has 2 aromatic heterocycles. The predicted octanol–water partition coefficient (Wildman–Crippen LogP) is 2.53. The van der Waals surface area contributed by atoms with E-state index in [1.807, 2.05) is 0 Å². The summed E-state index contributed by atoms with van der Waals surface area (Å²) in [4.78, 5) is 21.1. The summed E-state index contributed by atoms with van der Waals surface area (Å²) in [6, 6.07) is 0. The maximum Gasteiger partial charge on any atom is 0.306 e. The first-order valence-corrected chi connectivity index (χ1v) is 6.50. The molecule has 4 nitrogen and oxygen atoms in total. The number of aryl methyl sites for hydroxylation is 1. The smallest absolute Gasteiger partial charge is 0.306 e. The highest BCUT2D eigenvalue weighted by atomic mass is 35.5. The van der Waals surface area contributed by atoms with Crippen LogP contribution in [0.25, 0.3) is 10.2 Å². The number of carbonyl (C=O) groups is 1. The second kappa shape index (κ2) is 3.92. The number of hydrogen-bond donors (Lipinski definition) is 1. The Morgan fingerprint density at radius 3 is 3.12 bits per heavy atom. The van der Waals surface area contributed by atoms with E-state index in [-0.39, 0.29) is 5.92 Å². The van der Waals surface area contributed by atoms with Crippen LogP contribution in [0.1, 0.15) is 16.9 Å². The monoisotopic (exact) mass is 268 g/mol. The molecule has 88 valence electrons. The first-order chi connectivity index (χ1) is 8.16. The van der Waals surface area contributed by atoms with Gasteiger partial charge in [-0.25, -0.2) is 9.97 Å². The molecule has 1 aliphatic carbocycles. The van der Waals surface area contributed by atoms with Gasteiger partial charge in [-0.15, -0.1) is 11.3 Å². The van der Waals surface area contributed by atoms with E-state index in [1.165, 1.54) is 17.7 Å². The van der Waals surface area contributed by atoms with Gasteiger partial charge in [-0.05, 0) is 24.8 Å². The molecule has 1 aliphatic rings. The summed E-state index contributed by atoms with van der Waals surface area (Å²) in [5.74, 6) is -0.993. The molecule has 2 aromatic rings. The molecule has 0 spiro atoms. The molecular formula is C11H9ClN2O2S. The van der Waals surface area contributed by atoms with Crippen LogP contribution in [0.15, 0.2) is 6.33 Å². The predicted molar refractivity (Wildman–Crippen MR) is 65.6 cm³/mol. The van der Waals surface area contributed by atoms with Crippen LogP contribution < -0.4 is 0 Å². The second-order valence-corrected chi connectivity index (χ2v) is 5.57. The molecule has 0 amide bonds. The molecule has 0 aromatic carbocycles. The molecule has 1 N–H and O–H groups in total. The second-order valence-electron chi connectivity index (χ2n) is 4.13. The van der Waals surface area contributed by atoms with Crippen LogP contribution in [-0.4, -0.2) is 21.0 Å². The van der Waals surface area contributed by atoms with Crippen molar-refractivity contribution in [2.24, 2.45) is 5.92 Å². The van der Waals surface area contributed by atoms with E-state index in [4.69, 9.17) is 16.7 Å². The molecule has 17 heavy (non-hydrogen) atoms. The van der Waals surface area contributed by atoms with Gasteiger partial charge in [0.05, 0.1) is 11.3 Å². The average molecular weight is 269 g/mol. The first-order valence-electron chi connectivity index (χ1n) is 5.30. The van der Waals surface area contributed by atoms with Crippen LogP contribution in [0.4, 0.5) is 0 Å². The van der Waals surface area contributed by atoms with Gasteiger partial charge in [0, 0.05) is 4.88 Å². The van der Waals surface area contributed by atoms with E-state index < -0.39 is 5.97 Å². The van der Waals surface area contributed by atoms with Crippen LogP contribution in [0.2, 0.25) is 5.15 Å². The molecular weight excluding hydrogens is 260 g/mol. The number of thiophene rings is 1. The third-order valence-electron chi connectivity index (χ3n) is 3.15. The third kappa shape index (κ3) is 1.70. The lowest BCUT2D eigenvalue weighted by molar-refractivity contribution is -0.142. The van der Waals surface area contributed by atoms with Gasteiger partial charge >= 0.3 is 5.97 Å². The van der Waals surface area contributed by atoms with E-state index in [9.17, 15) is 4.79 Å². The number of aromatic nitrogens is 2. The molecule has 3 rings (SSSR count). The SMILES string of the molecule is O=C(O)[C@@H]1CCc2c(sc3ncnc(Cl)c23)C1. The van der Waals surface area contributed by atoms with Crippen molar-refractivity contribution in [1.82, 2.24) is 9.97 Å². The van der Waals surface area contributed by atoms with Crippen molar-refractivity contribution in [3.8, 4) is 0 Å². The summed E-state index contributed by atoms with van der Waals surface area (Å²) < 4.78 is 0. The van der Waals surface area contributed by atoms with Crippen LogP contribution in [0.3, 0.4) is 0 Å². The van der Waals surface area contributed by atoms with Crippen molar-refractivity contribution >= 4 is 39.1 Å². The lowest BCUT2D eigenvalue weighted by atomic mass is 9.88. The van der Waals surface area contributed by atoms with Gasteiger partial charge < -0.3 is 5.11 Å². The fourth-order valence-corrected chi connectivity index (χ4v) is 3.85. The Balaban J connectivity index is 2.14. The first kappa shape index (κ1) is 10.9. The van der Waals surface area contributed by atoms with E-state index >= 15 is 0 Å². The molecule has 0 radical (unpaired) electrons. The maximum absolute atomic E-state index is 11.0. The highest BCUT2D eigenvalue weighted by molar-refractivity contribution is 7.19. The molecule has 1 atom stereocenters. The molecule has 0 saturated heterocycles. The van der Waals surface area contributed by atoms with Crippen LogP contribution >= 0.6 is 22.9 Å². The minimum absolute atomic E-state index is 0.276. The molecule has 0 bridgehead atoms. The number of nitrogens with zero attached hydrogens (tertiary/aromatic N) is 2. The Hall–Kier alpha value is -1.20. The molecule has 0 aliphatic heterocycles. The van der Waals surface area contributed by atoms with E-state index in [2.05, 4.69) is 9.97 Å². The third-order valence-corrected chi connectivity index (χ3v) is 4.60. The van der Waals surface area contributed by atoms with Gasteiger partial charge in [0.15, 0.2) is 0 Å². The number of fused-ring (bicyclic) bond motifs is 3.